The third-order valence-electron chi connectivity index (χ3n) is 7.55. The van der Waals surface area contributed by atoms with Crippen molar-refractivity contribution in [2.24, 2.45) is 40.4 Å². The first-order valence-electron chi connectivity index (χ1n) is 8.95. The molecular formula is C20H26O3. The van der Waals surface area contributed by atoms with E-state index in [2.05, 4.69) is 20.8 Å². The average molecular weight is 314 g/mol. The standard InChI is InChI=1S/C20H26O3/c1-9-6-11-12(7-9)17(22)10(2)15(11)20(5)14(21)8-13-16(18(20)23)19(13,3)4/h9-10,13,15-16H,6-8H2,1-5H3. The summed E-state index contributed by atoms with van der Waals surface area (Å²) in [6.07, 6.45) is 2.21. The molecule has 0 heterocycles. The fourth-order valence-electron chi connectivity index (χ4n) is 6.04. The molecule has 0 amide bonds. The molecule has 2 saturated carbocycles. The Hall–Kier alpha value is -1.25. The molecule has 2 fully saturated rings. The Morgan fingerprint density at radius 2 is 1.57 bits per heavy atom. The largest absolute Gasteiger partial charge is 0.299 e. The number of ketones is 3. The lowest BCUT2D eigenvalue weighted by atomic mass is 9.60. The molecule has 3 nitrogen and oxygen atoms in total. The van der Waals surface area contributed by atoms with E-state index in [9.17, 15) is 14.4 Å². The van der Waals surface area contributed by atoms with Crippen molar-refractivity contribution >= 4 is 17.3 Å². The minimum Gasteiger partial charge on any atom is -0.299 e. The Labute approximate surface area is 137 Å². The van der Waals surface area contributed by atoms with E-state index in [0.29, 0.717) is 12.3 Å². The van der Waals surface area contributed by atoms with Gasteiger partial charge in [0.15, 0.2) is 11.6 Å². The zero-order valence-corrected chi connectivity index (χ0v) is 14.7. The monoisotopic (exact) mass is 314 g/mol. The predicted octanol–water partition coefficient (Wildman–Crippen LogP) is 3.37. The fraction of sp³-hybridized carbons (Fsp3) is 0.750. The quantitative estimate of drug-likeness (QED) is 0.697. The van der Waals surface area contributed by atoms with Gasteiger partial charge < -0.3 is 0 Å². The smallest absolute Gasteiger partial charge is 0.162 e. The van der Waals surface area contributed by atoms with Crippen molar-refractivity contribution in [1.82, 2.24) is 0 Å². The van der Waals surface area contributed by atoms with Gasteiger partial charge in [0, 0.05) is 24.2 Å². The maximum atomic E-state index is 13.3. The number of hydrogen-bond acceptors (Lipinski definition) is 3. The zero-order chi connectivity index (χ0) is 16.9. The lowest BCUT2D eigenvalue weighted by Gasteiger charge is -2.39. The summed E-state index contributed by atoms with van der Waals surface area (Å²) >= 11 is 0. The molecule has 0 spiro atoms. The van der Waals surface area contributed by atoms with Crippen molar-refractivity contribution in [2.45, 2.75) is 53.9 Å². The van der Waals surface area contributed by atoms with Gasteiger partial charge >= 0.3 is 0 Å². The van der Waals surface area contributed by atoms with Gasteiger partial charge in [-0.2, -0.15) is 0 Å². The number of rotatable bonds is 1. The van der Waals surface area contributed by atoms with Crippen molar-refractivity contribution in [1.29, 1.82) is 0 Å². The molecule has 0 aromatic rings. The van der Waals surface area contributed by atoms with Crippen molar-refractivity contribution in [3.05, 3.63) is 11.1 Å². The van der Waals surface area contributed by atoms with Crippen LogP contribution in [0.5, 0.6) is 0 Å². The highest BCUT2D eigenvalue weighted by atomic mass is 16.2. The van der Waals surface area contributed by atoms with Gasteiger partial charge in [0.05, 0.1) is 5.41 Å². The second-order valence-electron chi connectivity index (χ2n) is 9.25. The van der Waals surface area contributed by atoms with Crippen LogP contribution in [0.4, 0.5) is 0 Å². The molecule has 124 valence electrons. The molecule has 4 rings (SSSR count). The minimum atomic E-state index is -0.981. The van der Waals surface area contributed by atoms with Crippen LogP contribution in [-0.2, 0) is 14.4 Å². The molecule has 4 aliphatic carbocycles. The second-order valence-corrected chi connectivity index (χ2v) is 9.25. The van der Waals surface area contributed by atoms with E-state index in [1.54, 1.807) is 0 Å². The molecule has 6 unspecified atom stereocenters. The van der Waals surface area contributed by atoms with Crippen LogP contribution in [0, 0.1) is 40.4 Å². The topological polar surface area (TPSA) is 51.2 Å². The van der Waals surface area contributed by atoms with Gasteiger partial charge in [-0.05, 0) is 42.6 Å². The van der Waals surface area contributed by atoms with Crippen LogP contribution < -0.4 is 0 Å². The van der Waals surface area contributed by atoms with Crippen molar-refractivity contribution in [3.8, 4) is 0 Å². The summed E-state index contributed by atoms with van der Waals surface area (Å²) in [4.78, 5) is 39.0. The fourth-order valence-corrected chi connectivity index (χ4v) is 6.04. The number of Topliss-reactive ketones (excluding diaryl/α,β-unsaturated/α-hetero) is 3. The second kappa shape index (κ2) is 4.23. The Bertz CT molecular complexity index is 683. The van der Waals surface area contributed by atoms with Crippen LogP contribution in [0.3, 0.4) is 0 Å². The molecule has 0 radical (unpaired) electrons. The van der Waals surface area contributed by atoms with Gasteiger partial charge in [0.1, 0.15) is 5.78 Å². The molecule has 23 heavy (non-hydrogen) atoms. The van der Waals surface area contributed by atoms with Crippen molar-refractivity contribution < 1.29 is 14.4 Å². The highest BCUT2D eigenvalue weighted by molar-refractivity contribution is 6.14. The third kappa shape index (κ3) is 1.64. The molecular weight excluding hydrogens is 288 g/mol. The van der Waals surface area contributed by atoms with Gasteiger partial charge in [-0.15, -0.1) is 0 Å². The minimum absolute atomic E-state index is 0.0102. The molecule has 6 atom stereocenters. The average Bonchev–Trinajstić information content (AvgIpc) is 2.74. The van der Waals surface area contributed by atoms with Gasteiger partial charge in [-0.25, -0.2) is 0 Å². The SMILES string of the molecule is CC1CC2=C(C1)C(C1(C)C(=O)CC3C(C1=O)C3(C)C)C(C)C2=O. The Morgan fingerprint density at radius 1 is 0.913 bits per heavy atom. The number of fused-ring (bicyclic) bond motifs is 1. The Morgan fingerprint density at radius 3 is 2.22 bits per heavy atom. The third-order valence-corrected chi connectivity index (χ3v) is 7.55. The Balaban J connectivity index is 1.78. The molecule has 0 aliphatic heterocycles. The van der Waals surface area contributed by atoms with Gasteiger partial charge in [0.2, 0.25) is 0 Å². The van der Waals surface area contributed by atoms with E-state index in [1.165, 1.54) is 0 Å². The molecule has 4 aliphatic rings. The lowest BCUT2D eigenvalue weighted by Crippen LogP contribution is -2.49. The first-order valence-corrected chi connectivity index (χ1v) is 8.95. The van der Waals surface area contributed by atoms with Crippen LogP contribution in [0.15, 0.2) is 11.1 Å². The summed E-state index contributed by atoms with van der Waals surface area (Å²) < 4.78 is 0. The Kier molecular flexibility index (Phi) is 2.81. The van der Waals surface area contributed by atoms with E-state index >= 15 is 0 Å². The maximum Gasteiger partial charge on any atom is 0.162 e. The lowest BCUT2D eigenvalue weighted by molar-refractivity contribution is -0.148. The number of carbonyl (C=O) groups excluding carboxylic acids is 3. The molecule has 3 heteroatoms. The maximum absolute atomic E-state index is 13.3. The predicted molar refractivity (Wildman–Crippen MR) is 86.6 cm³/mol. The highest BCUT2D eigenvalue weighted by Crippen LogP contribution is 2.68. The highest BCUT2D eigenvalue weighted by Gasteiger charge is 2.72. The number of carbonyl (C=O) groups is 3. The molecule has 0 aromatic heterocycles. The van der Waals surface area contributed by atoms with Crippen LogP contribution in [0.25, 0.3) is 0 Å². The summed E-state index contributed by atoms with van der Waals surface area (Å²) in [6.45, 7) is 10.1. The first kappa shape index (κ1) is 15.3. The van der Waals surface area contributed by atoms with Gasteiger partial charge in [-0.1, -0.05) is 33.3 Å². The van der Waals surface area contributed by atoms with E-state index in [4.69, 9.17) is 0 Å². The molecule has 0 saturated heterocycles. The zero-order valence-electron chi connectivity index (χ0n) is 14.7. The number of hydrogen-bond donors (Lipinski definition) is 0. The van der Waals surface area contributed by atoms with Crippen LogP contribution in [-0.4, -0.2) is 17.3 Å². The molecule has 0 bridgehead atoms. The van der Waals surface area contributed by atoms with E-state index in [0.717, 1.165) is 24.0 Å². The first-order chi connectivity index (χ1) is 10.6. The molecule has 0 N–H and O–H groups in total. The summed E-state index contributed by atoms with van der Waals surface area (Å²) in [7, 11) is 0. The normalized spacial score (nSPS) is 47.9. The van der Waals surface area contributed by atoms with E-state index in [1.807, 2.05) is 13.8 Å². The van der Waals surface area contributed by atoms with E-state index in [-0.39, 0.29) is 46.4 Å². The molecule has 0 aromatic carbocycles. The summed E-state index contributed by atoms with van der Waals surface area (Å²) in [5, 5.41) is 0. The summed E-state index contributed by atoms with van der Waals surface area (Å²) in [6, 6.07) is 0. The van der Waals surface area contributed by atoms with Crippen LogP contribution >= 0.6 is 0 Å². The van der Waals surface area contributed by atoms with E-state index < -0.39 is 5.41 Å². The number of allylic oxidation sites excluding steroid dienone is 2. The summed E-state index contributed by atoms with van der Waals surface area (Å²) in [5.74, 6) is 0.662. The van der Waals surface area contributed by atoms with Crippen LogP contribution in [0.1, 0.15) is 53.9 Å². The summed E-state index contributed by atoms with van der Waals surface area (Å²) in [5.41, 5.74) is 1.05. The van der Waals surface area contributed by atoms with Gasteiger partial charge in [-0.3, -0.25) is 14.4 Å². The van der Waals surface area contributed by atoms with Gasteiger partial charge in [0.25, 0.3) is 0 Å². The van der Waals surface area contributed by atoms with Crippen molar-refractivity contribution in [3.63, 3.8) is 0 Å². The van der Waals surface area contributed by atoms with Crippen LogP contribution in [0.2, 0.25) is 0 Å². The van der Waals surface area contributed by atoms with Crippen molar-refractivity contribution in [2.75, 3.05) is 0 Å².